The normalized spacial score (nSPS) is 12.2. The third-order valence-electron chi connectivity index (χ3n) is 2.91. The van der Waals surface area contributed by atoms with Gasteiger partial charge in [-0.05, 0) is 6.92 Å². The molecule has 124 valence electrons. The molecule has 0 aliphatic rings. The number of methoxy groups -OCH3 is 1. The molecule has 2 aromatic rings. The SMILES string of the molecule is COC(=O)c1nc(C)c2ccccc2c1OS(=O)(=O)C(F)(F)F. The molecule has 0 atom stereocenters. The topological polar surface area (TPSA) is 82.6 Å². The van der Waals surface area contributed by atoms with Crippen LogP contribution < -0.4 is 4.18 Å². The number of pyridine rings is 1. The Bertz CT molecular complexity index is 877. The second kappa shape index (κ2) is 5.69. The van der Waals surface area contributed by atoms with E-state index < -0.39 is 33.0 Å². The number of fused-ring (bicyclic) bond motifs is 1. The van der Waals surface area contributed by atoms with Crippen molar-refractivity contribution in [3.05, 3.63) is 35.7 Å². The van der Waals surface area contributed by atoms with Crippen molar-refractivity contribution in [1.82, 2.24) is 4.98 Å². The minimum absolute atomic E-state index is 0.00627. The van der Waals surface area contributed by atoms with E-state index in [1.807, 2.05) is 0 Å². The number of carbonyl (C=O) groups is 1. The van der Waals surface area contributed by atoms with Crippen LogP contribution >= 0.6 is 0 Å². The summed E-state index contributed by atoms with van der Waals surface area (Å²) in [7, 11) is -4.98. The number of ether oxygens (including phenoxy) is 1. The first kappa shape index (κ1) is 17.0. The molecule has 0 spiro atoms. The zero-order valence-electron chi connectivity index (χ0n) is 11.8. The van der Waals surface area contributed by atoms with Crippen LogP contribution in [-0.4, -0.2) is 32.0 Å². The average molecular weight is 349 g/mol. The summed E-state index contributed by atoms with van der Waals surface area (Å²) in [5.74, 6) is -1.94. The van der Waals surface area contributed by atoms with Gasteiger partial charge in [0.05, 0.1) is 7.11 Å². The molecule has 0 aliphatic carbocycles. The predicted octanol–water partition coefficient (Wildman–Crippen LogP) is 2.56. The highest BCUT2D eigenvalue weighted by atomic mass is 32.2. The number of rotatable bonds is 3. The van der Waals surface area contributed by atoms with Crippen molar-refractivity contribution in [2.45, 2.75) is 12.4 Å². The van der Waals surface area contributed by atoms with Crippen LogP contribution in [0.2, 0.25) is 0 Å². The molecule has 0 aliphatic heterocycles. The second-order valence-electron chi connectivity index (χ2n) is 4.40. The summed E-state index contributed by atoms with van der Waals surface area (Å²) in [5, 5.41) is 0.334. The van der Waals surface area contributed by atoms with E-state index in [0.717, 1.165) is 7.11 Å². The van der Waals surface area contributed by atoms with Crippen LogP contribution in [0.3, 0.4) is 0 Å². The smallest absolute Gasteiger partial charge is 0.464 e. The van der Waals surface area contributed by atoms with Crippen molar-refractivity contribution in [2.24, 2.45) is 0 Å². The van der Waals surface area contributed by atoms with Crippen molar-refractivity contribution in [3.63, 3.8) is 0 Å². The minimum Gasteiger partial charge on any atom is -0.464 e. The molecular formula is C13H10F3NO5S. The van der Waals surface area contributed by atoms with Crippen LogP contribution in [0, 0.1) is 6.92 Å². The summed E-state index contributed by atoms with van der Waals surface area (Å²) < 4.78 is 68.9. The number of alkyl halides is 3. The first-order chi connectivity index (χ1) is 10.6. The Hall–Kier alpha value is -2.36. The highest BCUT2D eigenvalue weighted by molar-refractivity contribution is 7.88. The average Bonchev–Trinajstić information content (AvgIpc) is 2.48. The summed E-state index contributed by atoms with van der Waals surface area (Å²) >= 11 is 0. The van der Waals surface area contributed by atoms with Crippen molar-refractivity contribution >= 4 is 26.9 Å². The Kier molecular flexibility index (Phi) is 4.20. The van der Waals surface area contributed by atoms with Gasteiger partial charge in [-0.2, -0.15) is 21.6 Å². The van der Waals surface area contributed by atoms with E-state index in [-0.39, 0.29) is 5.39 Å². The summed E-state index contributed by atoms with van der Waals surface area (Å²) in [5.41, 5.74) is -6.00. The van der Waals surface area contributed by atoms with Gasteiger partial charge in [0, 0.05) is 16.5 Å². The number of hydrogen-bond acceptors (Lipinski definition) is 6. The van der Waals surface area contributed by atoms with Crippen LogP contribution in [0.1, 0.15) is 16.2 Å². The molecule has 1 aromatic carbocycles. The largest absolute Gasteiger partial charge is 0.534 e. The van der Waals surface area contributed by atoms with E-state index in [1.54, 1.807) is 6.07 Å². The molecule has 0 radical (unpaired) electrons. The van der Waals surface area contributed by atoms with Gasteiger partial charge < -0.3 is 8.92 Å². The van der Waals surface area contributed by atoms with Crippen molar-refractivity contribution in [3.8, 4) is 5.75 Å². The number of benzene rings is 1. The molecule has 6 nitrogen and oxygen atoms in total. The maximum Gasteiger partial charge on any atom is 0.534 e. The minimum atomic E-state index is -5.97. The Morgan fingerprint density at radius 2 is 1.74 bits per heavy atom. The molecule has 1 heterocycles. The lowest BCUT2D eigenvalue weighted by Gasteiger charge is -2.14. The fourth-order valence-electron chi connectivity index (χ4n) is 1.88. The van der Waals surface area contributed by atoms with Gasteiger partial charge >= 0.3 is 21.6 Å². The van der Waals surface area contributed by atoms with Gasteiger partial charge in [0.25, 0.3) is 0 Å². The van der Waals surface area contributed by atoms with Gasteiger partial charge in [-0.3, -0.25) is 0 Å². The van der Waals surface area contributed by atoms with Crippen LogP contribution in [0.5, 0.6) is 5.75 Å². The third kappa shape index (κ3) is 3.07. The lowest BCUT2D eigenvalue weighted by molar-refractivity contribution is -0.0500. The Balaban J connectivity index is 2.79. The monoisotopic (exact) mass is 349 g/mol. The van der Waals surface area contributed by atoms with Crippen LogP contribution in [0.15, 0.2) is 24.3 Å². The summed E-state index contributed by atoms with van der Waals surface area (Å²) in [6.45, 7) is 1.51. The molecule has 0 bridgehead atoms. The molecule has 0 unspecified atom stereocenters. The molecule has 23 heavy (non-hydrogen) atoms. The van der Waals surface area contributed by atoms with Crippen LogP contribution in [0.4, 0.5) is 13.2 Å². The fourth-order valence-corrected chi connectivity index (χ4v) is 2.36. The third-order valence-corrected chi connectivity index (χ3v) is 3.86. The lowest BCUT2D eigenvalue weighted by atomic mass is 10.1. The fraction of sp³-hybridized carbons (Fsp3) is 0.231. The van der Waals surface area contributed by atoms with E-state index >= 15 is 0 Å². The molecule has 0 amide bonds. The first-order valence-electron chi connectivity index (χ1n) is 6.07. The van der Waals surface area contributed by atoms with Gasteiger partial charge in [0.1, 0.15) is 0 Å². The number of esters is 1. The molecule has 10 heteroatoms. The summed E-state index contributed by atoms with van der Waals surface area (Å²) in [4.78, 5) is 15.5. The molecule has 0 saturated carbocycles. The first-order valence-corrected chi connectivity index (χ1v) is 7.47. The molecular weight excluding hydrogens is 339 g/mol. The molecule has 2 rings (SSSR count). The van der Waals surface area contributed by atoms with Crippen molar-refractivity contribution < 1.29 is 35.3 Å². The Labute approximate surface area is 129 Å². The molecule has 0 saturated heterocycles. The molecule has 0 N–H and O–H groups in total. The van der Waals surface area contributed by atoms with Gasteiger partial charge in [-0.1, -0.05) is 24.3 Å². The number of carbonyl (C=O) groups excluding carboxylic acids is 1. The number of halogens is 3. The highest BCUT2D eigenvalue weighted by Crippen LogP contribution is 2.35. The van der Waals surface area contributed by atoms with Gasteiger partial charge in [0.15, 0.2) is 11.4 Å². The number of nitrogens with zero attached hydrogens (tertiary/aromatic N) is 1. The van der Waals surface area contributed by atoms with Gasteiger partial charge in [-0.25, -0.2) is 9.78 Å². The molecule has 0 fully saturated rings. The van der Waals surface area contributed by atoms with Crippen LogP contribution in [-0.2, 0) is 14.9 Å². The van der Waals surface area contributed by atoms with E-state index in [4.69, 9.17) is 0 Å². The van der Waals surface area contributed by atoms with Gasteiger partial charge in [0.2, 0.25) is 0 Å². The number of hydrogen-bond donors (Lipinski definition) is 0. The second-order valence-corrected chi connectivity index (χ2v) is 5.93. The predicted molar refractivity (Wildman–Crippen MR) is 73.4 cm³/mol. The van der Waals surface area contributed by atoms with E-state index in [2.05, 4.69) is 13.9 Å². The van der Waals surface area contributed by atoms with Crippen LogP contribution in [0.25, 0.3) is 10.8 Å². The van der Waals surface area contributed by atoms with Gasteiger partial charge in [-0.15, -0.1) is 0 Å². The Morgan fingerprint density at radius 3 is 2.26 bits per heavy atom. The zero-order valence-corrected chi connectivity index (χ0v) is 12.7. The van der Waals surface area contributed by atoms with E-state index in [0.29, 0.717) is 11.1 Å². The standard InChI is InChI=1S/C13H10F3NO5S/c1-7-8-5-3-4-6-9(8)11(10(17-7)12(18)21-2)22-23(19,20)13(14,15)16/h3-6H,1-2H3. The van der Waals surface area contributed by atoms with Crippen molar-refractivity contribution in [2.75, 3.05) is 7.11 Å². The van der Waals surface area contributed by atoms with E-state index in [9.17, 15) is 26.4 Å². The summed E-state index contributed by atoms with van der Waals surface area (Å²) in [6, 6.07) is 5.86. The maximum atomic E-state index is 12.6. The highest BCUT2D eigenvalue weighted by Gasteiger charge is 2.49. The lowest BCUT2D eigenvalue weighted by Crippen LogP contribution is -2.29. The Morgan fingerprint density at radius 1 is 1.17 bits per heavy atom. The molecule has 1 aromatic heterocycles. The number of aryl methyl sites for hydroxylation is 1. The van der Waals surface area contributed by atoms with Crippen molar-refractivity contribution in [1.29, 1.82) is 0 Å². The van der Waals surface area contributed by atoms with E-state index in [1.165, 1.54) is 25.1 Å². The quantitative estimate of drug-likeness (QED) is 0.481. The summed E-state index contributed by atoms with van der Waals surface area (Å²) in [6.07, 6.45) is 0. The maximum absolute atomic E-state index is 12.6. The zero-order chi connectivity index (χ0) is 17.4. The number of aromatic nitrogens is 1.